The molecule has 1 aliphatic carbocycles. The van der Waals surface area contributed by atoms with Gasteiger partial charge in [-0.1, -0.05) is 12.5 Å². The van der Waals surface area contributed by atoms with Crippen LogP contribution in [0.2, 0.25) is 0 Å². The molecule has 0 bridgehead atoms. The molecule has 2 N–H and O–H groups in total. The Morgan fingerprint density at radius 1 is 1.44 bits per heavy atom. The van der Waals surface area contributed by atoms with Crippen molar-refractivity contribution in [1.29, 1.82) is 0 Å². The minimum absolute atomic E-state index is 0.811. The first kappa shape index (κ1) is 11.9. The fourth-order valence-corrected chi connectivity index (χ4v) is 2.59. The minimum atomic E-state index is 0.811. The first-order valence-corrected chi connectivity index (χ1v) is 6.67. The summed E-state index contributed by atoms with van der Waals surface area (Å²) < 4.78 is 1.00. The molecule has 0 aromatic heterocycles. The van der Waals surface area contributed by atoms with Crippen molar-refractivity contribution in [3.05, 3.63) is 28.2 Å². The number of nitrogen functional groups attached to an aromatic ring is 1. The van der Waals surface area contributed by atoms with Gasteiger partial charge in [0.1, 0.15) is 0 Å². The number of anilines is 1. The van der Waals surface area contributed by atoms with E-state index in [9.17, 15) is 0 Å². The maximum Gasteiger partial charge on any atom is 0.0458 e. The number of nitrogens with two attached hydrogens (primary N) is 1. The number of hydrogen-bond donors (Lipinski definition) is 1. The summed E-state index contributed by atoms with van der Waals surface area (Å²) in [6.45, 7) is 2.23. The first-order valence-electron chi connectivity index (χ1n) is 5.87. The lowest BCUT2D eigenvalue weighted by molar-refractivity contribution is 0.200. The van der Waals surface area contributed by atoms with Gasteiger partial charge >= 0.3 is 0 Å². The normalized spacial score (nSPS) is 16.4. The molecule has 0 aliphatic heterocycles. The van der Waals surface area contributed by atoms with Crippen molar-refractivity contribution >= 4 is 21.6 Å². The summed E-state index contributed by atoms with van der Waals surface area (Å²) in [5.41, 5.74) is 7.90. The second-order valence-electron chi connectivity index (χ2n) is 4.85. The molecule has 1 saturated carbocycles. The Kier molecular flexibility index (Phi) is 3.87. The van der Waals surface area contributed by atoms with Crippen molar-refractivity contribution in [2.24, 2.45) is 5.92 Å². The Bertz CT molecular complexity index is 361. The summed E-state index contributed by atoms with van der Waals surface area (Å²) in [4.78, 5) is 2.40. The van der Waals surface area contributed by atoms with Crippen LogP contribution in [0.1, 0.15) is 24.8 Å². The van der Waals surface area contributed by atoms with E-state index in [-0.39, 0.29) is 0 Å². The number of hydrogen-bond acceptors (Lipinski definition) is 2. The number of benzene rings is 1. The predicted octanol–water partition coefficient (Wildman–Crippen LogP) is 3.26. The number of nitrogens with zero attached hydrogens (tertiary/aromatic N) is 1. The maximum absolute atomic E-state index is 5.77. The van der Waals surface area contributed by atoms with Crippen molar-refractivity contribution in [3.8, 4) is 0 Å². The molecule has 16 heavy (non-hydrogen) atoms. The molecule has 0 heterocycles. The van der Waals surface area contributed by atoms with E-state index >= 15 is 0 Å². The summed E-state index contributed by atoms with van der Waals surface area (Å²) in [5.74, 6) is 0.933. The lowest BCUT2D eigenvalue weighted by Gasteiger charge is -2.30. The van der Waals surface area contributed by atoms with E-state index in [0.717, 1.165) is 22.6 Å². The molecule has 0 radical (unpaired) electrons. The molecule has 0 unspecified atom stereocenters. The molecule has 1 fully saturated rings. The maximum atomic E-state index is 5.77. The number of rotatable bonds is 4. The first-order chi connectivity index (χ1) is 7.65. The Morgan fingerprint density at radius 2 is 2.19 bits per heavy atom. The smallest absolute Gasteiger partial charge is 0.0458 e. The van der Waals surface area contributed by atoms with Gasteiger partial charge in [0.25, 0.3) is 0 Å². The molecule has 3 heteroatoms. The van der Waals surface area contributed by atoms with Gasteiger partial charge in [-0.2, -0.15) is 0 Å². The van der Waals surface area contributed by atoms with Gasteiger partial charge in [-0.3, -0.25) is 0 Å². The van der Waals surface area contributed by atoms with Crippen molar-refractivity contribution in [3.63, 3.8) is 0 Å². The Hall–Kier alpha value is -0.540. The van der Waals surface area contributed by atoms with E-state index in [2.05, 4.69) is 40.0 Å². The van der Waals surface area contributed by atoms with Gasteiger partial charge in [0.2, 0.25) is 0 Å². The molecule has 1 aliphatic rings. The summed E-state index contributed by atoms with van der Waals surface area (Å²) in [6, 6.07) is 6.20. The van der Waals surface area contributed by atoms with Gasteiger partial charge in [-0.25, -0.2) is 0 Å². The van der Waals surface area contributed by atoms with Crippen molar-refractivity contribution in [2.75, 3.05) is 19.3 Å². The largest absolute Gasteiger partial charge is 0.398 e. The number of halogens is 1. The molecule has 0 saturated heterocycles. The molecular weight excluding hydrogens is 264 g/mol. The zero-order chi connectivity index (χ0) is 11.5. The van der Waals surface area contributed by atoms with Crippen LogP contribution in [0.4, 0.5) is 5.69 Å². The molecule has 0 spiro atoms. The highest BCUT2D eigenvalue weighted by atomic mass is 79.9. The van der Waals surface area contributed by atoms with Gasteiger partial charge in [-0.15, -0.1) is 0 Å². The predicted molar refractivity (Wildman–Crippen MR) is 72.2 cm³/mol. The SMILES string of the molecule is CN(Cc1ccc(N)c(Br)c1)CC1CCC1. The average Bonchev–Trinajstić information content (AvgIpc) is 2.18. The van der Waals surface area contributed by atoms with E-state index in [0.29, 0.717) is 0 Å². The van der Waals surface area contributed by atoms with E-state index in [4.69, 9.17) is 5.73 Å². The second-order valence-corrected chi connectivity index (χ2v) is 5.70. The highest BCUT2D eigenvalue weighted by molar-refractivity contribution is 9.10. The van der Waals surface area contributed by atoms with E-state index in [1.165, 1.54) is 31.4 Å². The Morgan fingerprint density at radius 3 is 2.75 bits per heavy atom. The fourth-order valence-electron chi connectivity index (χ4n) is 2.16. The highest BCUT2D eigenvalue weighted by Crippen LogP contribution is 2.27. The molecule has 0 amide bonds. The quantitative estimate of drug-likeness (QED) is 0.859. The van der Waals surface area contributed by atoms with Crippen molar-refractivity contribution in [1.82, 2.24) is 4.90 Å². The van der Waals surface area contributed by atoms with Gasteiger partial charge < -0.3 is 10.6 Å². The lowest BCUT2D eigenvalue weighted by atomic mass is 9.85. The molecule has 1 aromatic carbocycles. The summed E-state index contributed by atoms with van der Waals surface area (Å²) in [6.07, 6.45) is 4.25. The van der Waals surface area contributed by atoms with Gasteiger partial charge in [0, 0.05) is 23.2 Å². The van der Waals surface area contributed by atoms with Gasteiger partial charge in [0.05, 0.1) is 0 Å². The fraction of sp³-hybridized carbons (Fsp3) is 0.538. The molecule has 88 valence electrons. The van der Waals surface area contributed by atoms with E-state index in [1.54, 1.807) is 0 Å². The third-order valence-electron chi connectivity index (χ3n) is 3.31. The topological polar surface area (TPSA) is 29.3 Å². The van der Waals surface area contributed by atoms with Crippen LogP contribution in [0.5, 0.6) is 0 Å². The Balaban J connectivity index is 1.89. The van der Waals surface area contributed by atoms with Crippen LogP contribution in [0.25, 0.3) is 0 Å². The lowest BCUT2D eigenvalue weighted by Crippen LogP contribution is -2.29. The average molecular weight is 283 g/mol. The molecular formula is C13H19BrN2. The minimum Gasteiger partial charge on any atom is -0.398 e. The summed E-state index contributed by atoms with van der Waals surface area (Å²) in [5, 5.41) is 0. The summed E-state index contributed by atoms with van der Waals surface area (Å²) in [7, 11) is 2.20. The van der Waals surface area contributed by atoms with Gasteiger partial charge in [0.15, 0.2) is 0 Å². The van der Waals surface area contributed by atoms with Crippen molar-refractivity contribution < 1.29 is 0 Å². The molecule has 2 nitrogen and oxygen atoms in total. The van der Waals surface area contributed by atoms with Gasteiger partial charge in [-0.05, 0) is 59.4 Å². The van der Waals surface area contributed by atoms with Crippen LogP contribution >= 0.6 is 15.9 Å². The zero-order valence-electron chi connectivity index (χ0n) is 9.75. The van der Waals surface area contributed by atoms with Crippen LogP contribution in [-0.4, -0.2) is 18.5 Å². The Labute approximate surface area is 106 Å². The third-order valence-corrected chi connectivity index (χ3v) is 4.00. The van der Waals surface area contributed by atoms with E-state index < -0.39 is 0 Å². The second kappa shape index (κ2) is 5.19. The zero-order valence-corrected chi connectivity index (χ0v) is 11.3. The summed E-state index contributed by atoms with van der Waals surface area (Å²) >= 11 is 3.47. The monoisotopic (exact) mass is 282 g/mol. The molecule has 1 aromatic rings. The van der Waals surface area contributed by atoms with E-state index in [1.807, 2.05) is 6.07 Å². The van der Waals surface area contributed by atoms with Crippen LogP contribution in [-0.2, 0) is 6.54 Å². The molecule has 0 atom stereocenters. The standard InChI is InChI=1S/C13H19BrN2/c1-16(8-10-3-2-4-10)9-11-5-6-13(15)12(14)7-11/h5-7,10H,2-4,8-9,15H2,1H3. The molecule has 2 rings (SSSR count). The third kappa shape index (κ3) is 2.98. The highest BCUT2D eigenvalue weighted by Gasteiger charge is 2.18. The van der Waals surface area contributed by atoms with Crippen LogP contribution in [0.3, 0.4) is 0 Å². The van der Waals surface area contributed by atoms with Crippen LogP contribution in [0, 0.1) is 5.92 Å². The van der Waals surface area contributed by atoms with Crippen LogP contribution < -0.4 is 5.73 Å². The van der Waals surface area contributed by atoms with Crippen molar-refractivity contribution in [2.45, 2.75) is 25.8 Å². The van der Waals surface area contributed by atoms with Crippen LogP contribution in [0.15, 0.2) is 22.7 Å².